The minimum absolute atomic E-state index is 0.0811. The molecule has 0 aromatic heterocycles. The molecule has 0 unspecified atom stereocenters. The molecule has 124 valence electrons. The molecule has 0 amide bonds. The van der Waals surface area contributed by atoms with Crippen LogP contribution in [0, 0.1) is 30.9 Å². The van der Waals surface area contributed by atoms with E-state index in [4.69, 9.17) is 4.74 Å². The second kappa shape index (κ2) is 7.04. The SMILES string of the molecule is Cc1ccc(C(=O)COC(=O)c2cccc([N+](=O)[O-])c2C)c(C)c1. The molecule has 0 bridgehead atoms. The first-order chi connectivity index (χ1) is 11.3. The third-order valence-corrected chi connectivity index (χ3v) is 3.74. The van der Waals surface area contributed by atoms with Crippen molar-refractivity contribution in [1.29, 1.82) is 0 Å². The zero-order valence-electron chi connectivity index (χ0n) is 13.7. The summed E-state index contributed by atoms with van der Waals surface area (Å²) in [5.41, 5.74) is 2.47. The van der Waals surface area contributed by atoms with Gasteiger partial charge in [-0.15, -0.1) is 0 Å². The number of carbonyl (C=O) groups excluding carboxylic acids is 2. The lowest BCUT2D eigenvalue weighted by Crippen LogP contribution is -2.16. The Kier molecular flexibility index (Phi) is 5.08. The molecule has 6 nitrogen and oxygen atoms in total. The summed E-state index contributed by atoms with van der Waals surface area (Å²) in [4.78, 5) is 34.7. The molecule has 6 heteroatoms. The van der Waals surface area contributed by atoms with Gasteiger partial charge in [-0.3, -0.25) is 14.9 Å². The van der Waals surface area contributed by atoms with Gasteiger partial charge in [0, 0.05) is 17.2 Å². The normalized spacial score (nSPS) is 10.3. The average Bonchev–Trinajstić information content (AvgIpc) is 2.52. The van der Waals surface area contributed by atoms with Crippen LogP contribution in [0.4, 0.5) is 5.69 Å². The third kappa shape index (κ3) is 3.65. The Morgan fingerprint density at radius 3 is 2.42 bits per heavy atom. The van der Waals surface area contributed by atoms with E-state index in [1.165, 1.54) is 25.1 Å². The summed E-state index contributed by atoms with van der Waals surface area (Å²) in [6.45, 7) is 4.80. The Morgan fingerprint density at radius 2 is 1.79 bits per heavy atom. The highest BCUT2D eigenvalue weighted by atomic mass is 16.6. The summed E-state index contributed by atoms with van der Waals surface area (Å²) in [7, 11) is 0. The maximum absolute atomic E-state index is 12.2. The lowest BCUT2D eigenvalue weighted by Gasteiger charge is -2.09. The summed E-state index contributed by atoms with van der Waals surface area (Å²) in [5, 5.41) is 10.9. The van der Waals surface area contributed by atoms with Crippen molar-refractivity contribution < 1.29 is 19.2 Å². The molecule has 0 aliphatic rings. The molecule has 0 aliphatic heterocycles. The van der Waals surface area contributed by atoms with Gasteiger partial charge in [-0.25, -0.2) is 4.79 Å². The zero-order chi connectivity index (χ0) is 17.9. The van der Waals surface area contributed by atoms with E-state index in [0.29, 0.717) is 5.56 Å². The van der Waals surface area contributed by atoms with Crippen LogP contribution < -0.4 is 0 Å². The van der Waals surface area contributed by atoms with Gasteiger partial charge in [-0.1, -0.05) is 29.8 Å². The Bertz CT molecular complexity index is 826. The van der Waals surface area contributed by atoms with Crippen molar-refractivity contribution in [3.63, 3.8) is 0 Å². The molecular formula is C18H17NO5. The quantitative estimate of drug-likeness (QED) is 0.363. The number of aryl methyl sites for hydroxylation is 2. The summed E-state index contributed by atoms with van der Waals surface area (Å²) in [5.74, 6) is -1.07. The minimum atomic E-state index is -0.755. The summed E-state index contributed by atoms with van der Waals surface area (Å²) >= 11 is 0. The molecule has 2 aromatic rings. The van der Waals surface area contributed by atoms with Gasteiger partial charge in [0.15, 0.2) is 6.61 Å². The van der Waals surface area contributed by atoms with Gasteiger partial charge in [0.1, 0.15) is 0 Å². The molecule has 24 heavy (non-hydrogen) atoms. The average molecular weight is 327 g/mol. The Morgan fingerprint density at radius 1 is 1.08 bits per heavy atom. The first-order valence-electron chi connectivity index (χ1n) is 7.33. The standard InChI is InChI=1S/C18H17NO5/c1-11-7-8-14(12(2)9-11)17(20)10-24-18(21)15-5-4-6-16(13(15)3)19(22)23/h4-9H,10H2,1-3H3. The predicted octanol–water partition coefficient (Wildman–Crippen LogP) is 3.56. The first-order valence-corrected chi connectivity index (χ1v) is 7.33. The number of Topliss-reactive ketones (excluding diaryl/α,β-unsaturated/α-hetero) is 1. The lowest BCUT2D eigenvalue weighted by molar-refractivity contribution is -0.385. The fraction of sp³-hybridized carbons (Fsp3) is 0.222. The first kappa shape index (κ1) is 17.3. The van der Waals surface area contributed by atoms with E-state index in [1.807, 2.05) is 26.0 Å². The van der Waals surface area contributed by atoms with Crippen molar-refractivity contribution in [1.82, 2.24) is 0 Å². The number of hydrogen-bond acceptors (Lipinski definition) is 5. The number of benzene rings is 2. The van der Waals surface area contributed by atoms with Crippen molar-refractivity contribution in [3.05, 3.63) is 74.3 Å². The Balaban J connectivity index is 2.12. The smallest absolute Gasteiger partial charge is 0.339 e. The van der Waals surface area contributed by atoms with Gasteiger partial charge in [-0.2, -0.15) is 0 Å². The van der Waals surface area contributed by atoms with E-state index >= 15 is 0 Å². The van der Waals surface area contributed by atoms with Gasteiger partial charge in [0.2, 0.25) is 5.78 Å². The molecule has 0 radical (unpaired) electrons. The van der Waals surface area contributed by atoms with Crippen LogP contribution in [0.15, 0.2) is 36.4 Å². The topological polar surface area (TPSA) is 86.5 Å². The van der Waals surface area contributed by atoms with Crippen LogP contribution in [0.3, 0.4) is 0 Å². The van der Waals surface area contributed by atoms with Crippen LogP contribution in [0.1, 0.15) is 37.4 Å². The van der Waals surface area contributed by atoms with Gasteiger partial charge in [-0.05, 0) is 32.4 Å². The van der Waals surface area contributed by atoms with E-state index in [0.717, 1.165) is 11.1 Å². The number of ether oxygens (including phenoxy) is 1. The van der Waals surface area contributed by atoms with Crippen molar-refractivity contribution in [2.45, 2.75) is 20.8 Å². The van der Waals surface area contributed by atoms with Crippen LogP contribution in [-0.4, -0.2) is 23.3 Å². The fourth-order valence-corrected chi connectivity index (χ4v) is 2.46. The molecule has 0 heterocycles. The fourth-order valence-electron chi connectivity index (χ4n) is 2.46. The van der Waals surface area contributed by atoms with E-state index < -0.39 is 17.5 Å². The van der Waals surface area contributed by atoms with Crippen molar-refractivity contribution in [3.8, 4) is 0 Å². The van der Waals surface area contributed by atoms with Crippen LogP contribution in [0.5, 0.6) is 0 Å². The number of carbonyl (C=O) groups is 2. The molecule has 0 saturated carbocycles. The second-order valence-electron chi connectivity index (χ2n) is 5.52. The van der Waals surface area contributed by atoms with Crippen LogP contribution >= 0.6 is 0 Å². The molecule has 0 atom stereocenters. The molecular weight excluding hydrogens is 310 g/mol. The number of ketones is 1. The summed E-state index contributed by atoms with van der Waals surface area (Å²) in [6.07, 6.45) is 0. The maximum Gasteiger partial charge on any atom is 0.339 e. The van der Waals surface area contributed by atoms with Gasteiger partial charge >= 0.3 is 5.97 Å². The Labute approximate surface area is 139 Å². The highest BCUT2D eigenvalue weighted by molar-refractivity contribution is 6.00. The third-order valence-electron chi connectivity index (χ3n) is 3.74. The van der Waals surface area contributed by atoms with Gasteiger partial charge in [0.25, 0.3) is 5.69 Å². The van der Waals surface area contributed by atoms with Gasteiger partial charge < -0.3 is 4.74 Å². The molecule has 0 fully saturated rings. The van der Waals surface area contributed by atoms with Crippen LogP contribution in [0.25, 0.3) is 0 Å². The molecule has 2 aromatic carbocycles. The van der Waals surface area contributed by atoms with Crippen LogP contribution in [-0.2, 0) is 4.74 Å². The number of nitro benzene ring substituents is 1. The van der Waals surface area contributed by atoms with E-state index in [-0.39, 0.29) is 22.6 Å². The number of hydrogen-bond donors (Lipinski definition) is 0. The zero-order valence-corrected chi connectivity index (χ0v) is 13.7. The van der Waals surface area contributed by atoms with Crippen molar-refractivity contribution in [2.24, 2.45) is 0 Å². The monoisotopic (exact) mass is 327 g/mol. The molecule has 0 saturated heterocycles. The second-order valence-corrected chi connectivity index (χ2v) is 5.52. The predicted molar refractivity (Wildman–Crippen MR) is 88.4 cm³/mol. The molecule has 0 aliphatic carbocycles. The molecule has 0 N–H and O–H groups in total. The summed E-state index contributed by atoms with van der Waals surface area (Å²) in [6, 6.07) is 9.54. The van der Waals surface area contributed by atoms with Gasteiger partial charge in [0.05, 0.1) is 10.5 Å². The largest absolute Gasteiger partial charge is 0.454 e. The number of rotatable bonds is 5. The number of nitrogens with zero attached hydrogens (tertiary/aromatic N) is 1. The number of nitro groups is 1. The maximum atomic E-state index is 12.2. The Hall–Kier alpha value is -3.02. The molecule has 0 spiro atoms. The van der Waals surface area contributed by atoms with E-state index in [9.17, 15) is 19.7 Å². The summed E-state index contributed by atoms with van der Waals surface area (Å²) < 4.78 is 5.03. The van der Waals surface area contributed by atoms with E-state index in [1.54, 1.807) is 6.07 Å². The molecule has 2 rings (SSSR count). The lowest BCUT2D eigenvalue weighted by atomic mass is 10.0. The van der Waals surface area contributed by atoms with Crippen molar-refractivity contribution >= 4 is 17.4 Å². The highest BCUT2D eigenvalue weighted by Gasteiger charge is 2.20. The van der Waals surface area contributed by atoms with Crippen LogP contribution in [0.2, 0.25) is 0 Å². The number of esters is 1. The van der Waals surface area contributed by atoms with E-state index in [2.05, 4.69) is 0 Å². The van der Waals surface area contributed by atoms with Crippen molar-refractivity contribution in [2.75, 3.05) is 6.61 Å². The minimum Gasteiger partial charge on any atom is -0.454 e. The highest BCUT2D eigenvalue weighted by Crippen LogP contribution is 2.21.